The normalized spacial score (nSPS) is 11.5. The summed E-state index contributed by atoms with van der Waals surface area (Å²) in [5.74, 6) is -0.603. The molecule has 172 valence electrons. The zero-order valence-electron chi connectivity index (χ0n) is 17.5. The molecule has 3 aromatic rings. The van der Waals surface area contributed by atoms with E-state index < -0.39 is 33.1 Å². The minimum atomic E-state index is -0.850. The highest BCUT2D eigenvalue weighted by Crippen LogP contribution is 2.24. The van der Waals surface area contributed by atoms with Gasteiger partial charge in [0.15, 0.2) is 4.80 Å². The Hall–Kier alpha value is -3.58. The highest BCUT2D eigenvalue weighted by Gasteiger charge is 2.20. The molecular formula is C20H18N4O7S2. The van der Waals surface area contributed by atoms with Gasteiger partial charge in [0, 0.05) is 24.4 Å². The lowest BCUT2D eigenvalue weighted by Gasteiger charge is -2.05. The number of rotatable bonds is 8. The number of esters is 1. The monoisotopic (exact) mass is 490 g/mol. The maximum Gasteiger partial charge on any atom is 0.338 e. The van der Waals surface area contributed by atoms with Gasteiger partial charge in [-0.15, -0.1) is 0 Å². The summed E-state index contributed by atoms with van der Waals surface area (Å²) in [5.41, 5.74) is -0.313. The topological polar surface area (TPSA) is 147 Å². The smallest absolute Gasteiger partial charge is 0.338 e. The number of non-ortho nitro benzene ring substituents is 2. The molecule has 0 bridgehead atoms. The Bertz CT molecular complexity index is 1300. The fourth-order valence-electron chi connectivity index (χ4n) is 2.98. The van der Waals surface area contributed by atoms with Crippen molar-refractivity contribution >= 4 is 56.6 Å². The number of amides is 1. The Labute approximate surface area is 195 Å². The van der Waals surface area contributed by atoms with Gasteiger partial charge in [0.25, 0.3) is 17.3 Å². The second-order valence-corrected chi connectivity index (χ2v) is 8.60. The number of aryl methyl sites for hydroxylation is 1. The molecule has 0 saturated carbocycles. The molecule has 0 aliphatic heterocycles. The third kappa shape index (κ3) is 5.43. The first-order valence-electron chi connectivity index (χ1n) is 9.57. The fraction of sp³-hybridized carbons (Fsp3) is 0.250. The van der Waals surface area contributed by atoms with Crippen LogP contribution in [0.15, 0.2) is 41.4 Å². The minimum absolute atomic E-state index is 0.236. The van der Waals surface area contributed by atoms with Crippen molar-refractivity contribution in [2.24, 2.45) is 4.99 Å². The first-order chi connectivity index (χ1) is 15.7. The molecule has 1 heterocycles. The molecule has 11 nitrogen and oxygen atoms in total. The van der Waals surface area contributed by atoms with E-state index in [1.165, 1.54) is 0 Å². The second-order valence-electron chi connectivity index (χ2n) is 6.60. The van der Waals surface area contributed by atoms with Gasteiger partial charge in [-0.25, -0.2) is 4.79 Å². The van der Waals surface area contributed by atoms with Crippen LogP contribution in [0, 0.1) is 20.2 Å². The molecule has 3 rings (SSSR count). The Morgan fingerprint density at radius 3 is 2.33 bits per heavy atom. The molecule has 0 aliphatic rings. The number of hydrogen-bond donors (Lipinski definition) is 0. The molecule has 0 saturated heterocycles. The highest BCUT2D eigenvalue weighted by molar-refractivity contribution is 7.98. The van der Waals surface area contributed by atoms with Crippen LogP contribution in [0.4, 0.5) is 11.4 Å². The van der Waals surface area contributed by atoms with E-state index in [-0.39, 0.29) is 12.2 Å². The van der Waals surface area contributed by atoms with E-state index in [1.54, 1.807) is 41.5 Å². The first kappa shape index (κ1) is 24.1. The zero-order valence-corrected chi connectivity index (χ0v) is 19.2. The molecular weight excluding hydrogens is 472 g/mol. The number of thioether (sulfide) groups is 1. The highest BCUT2D eigenvalue weighted by atomic mass is 32.2. The van der Waals surface area contributed by atoms with Gasteiger partial charge in [-0.1, -0.05) is 11.3 Å². The van der Waals surface area contributed by atoms with Crippen molar-refractivity contribution in [3.05, 3.63) is 72.6 Å². The van der Waals surface area contributed by atoms with E-state index in [0.717, 1.165) is 40.8 Å². The van der Waals surface area contributed by atoms with Crippen molar-refractivity contribution in [3.8, 4) is 0 Å². The van der Waals surface area contributed by atoms with Crippen molar-refractivity contribution in [3.63, 3.8) is 0 Å². The van der Waals surface area contributed by atoms with Crippen molar-refractivity contribution in [1.82, 2.24) is 4.57 Å². The first-order valence-corrected chi connectivity index (χ1v) is 11.8. The van der Waals surface area contributed by atoms with Crippen molar-refractivity contribution < 1.29 is 24.2 Å². The number of nitro groups is 2. The maximum absolute atomic E-state index is 12.8. The molecule has 0 spiro atoms. The van der Waals surface area contributed by atoms with Gasteiger partial charge in [0.1, 0.15) is 0 Å². The standard InChI is InChI=1S/C20H18N4O7S2/c1-3-31-19(26)12-4-5-16-17(10-12)33-20(22(16)6-7-32-2)21-18(25)13-8-14(23(27)28)11-15(9-13)24(29)30/h4-5,8-11H,3,6-7H2,1-2H3. The van der Waals surface area contributed by atoms with Crippen molar-refractivity contribution in [2.75, 3.05) is 18.6 Å². The summed E-state index contributed by atoms with van der Waals surface area (Å²) in [7, 11) is 0. The maximum atomic E-state index is 12.8. The average Bonchev–Trinajstić information content (AvgIpc) is 3.13. The number of hydrogen-bond acceptors (Lipinski definition) is 9. The van der Waals surface area contributed by atoms with Crippen LogP contribution < -0.4 is 4.80 Å². The minimum Gasteiger partial charge on any atom is -0.462 e. The van der Waals surface area contributed by atoms with Crippen LogP contribution in [0.3, 0.4) is 0 Å². The zero-order chi connectivity index (χ0) is 24.1. The van der Waals surface area contributed by atoms with Crippen LogP contribution >= 0.6 is 23.1 Å². The number of ether oxygens (including phenoxy) is 1. The summed E-state index contributed by atoms with van der Waals surface area (Å²) in [6.45, 7) is 2.46. The van der Waals surface area contributed by atoms with Crippen LogP contribution in [0.25, 0.3) is 10.2 Å². The van der Waals surface area contributed by atoms with Gasteiger partial charge in [0.2, 0.25) is 0 Å². The SMILES string of the molecule is CCOC(=O)c1ccc2c(c1)sc(=NC(=O)c1cc([N+](=O)[O-])cc([N+](=O)[O-])c1)n2CCSC. The largest absolute Gasteiger partial charge is 0.462 e. The predicted octanol–water partition coefficient (Wildman–Crippen LogP) is 3.80. The summed E-state index contributed by atoms with van der Waals surface area (Å²) in [6, 6.07) is 7.70. The van der Waals surface area contributed by atoms with Crippen LogP contribution in [0.2, 0.25) is 0 Å². The van der Waals surface area contributed by atoms with Gasteiger partial charge in [-0.05, 0) is 31.4 Å². The molecule has 0 unspecified atom stereocenters. The lowest BCUT2D eigenvalue weighted by Crippen LogP contribution is -2.18. The van der Waals surface area contributed by atoms with E-state index >= 15 is 0 Å². The molecule has 33 heavy (non-hydrogen) atoms. The lowest BCUT2D eigenvalue weighted by atomic mass is 10.1. The van der Waals surface area contributed by atoms with Gasteiger partial charge in [-0.3, -0.25) is 25.0 Å². The number of nitro benzene ring substituents is 2. The van der Waals surface area contributed by atoms with E-state index in [4.69, 9.17) is 4.74 Å². The van der Waals surface area contributed by atoms with Gasteiger partial charge in [0.05, 0.1) is 43.9 Å². The van der Waals surface area contributed by atoms with Gasteiger partial charge in [-0.2, -0.15) is 16.8 Å². The summed E-state index contributed by atoms with van der Waals surface area (Å²) in [5, 5.41) is 22.3. The molecule has 13 heteroatoms. The quantitative estimate of drug-likeness (QED) is 0.263. The molecule has 0 fully saturated rings. The van der Waals surface area contributed by atoms with Crippen LogP contribution in [0.1, 0.15) is 27.6 Å². The number of carbonyl (C=O) groups is 2. The number of aromatic nitrogens is 1. The average molecular weight is 491 g/mol. The third-order valence-electron chi connectivity index (χ3n) is 4.48. The Morgan fingerprint density at radius 1 is 1.09 bits per heavy atom. The summed E-state index contributed by atoms with van der Waals surface area (Å²) in [4.78, 5) is 50.0. The van der Waals surface area contributed by atoms with Crippen LogP contribution in [-0.2, 0) is 11.3 Å². The molecule has 0 aliphatic carbocycles. The van der Waals surface area contributed by atoms with Crippen molar-refractivity contribution in [2.45, 2.75) is 13.5 Å². The fourth-order valence-corrected chi connectivity index (χ4v) is 4.44. The Kier molecular flexibility index (Phi) is 7.55. The number of nitrogens with zero attached hydrogens (tertiary/aromatic N) is 4. The van der Waals surface area contributed by atoms with Gasteiger partial charge >= 0.3 is 5.97 Å². The molecule has 0 atom stereocenters. The predicted molar refractivity (Wildman–Crippen MR) is 124 cm³/mol. The van der Waals surface area contributed by atoms with Crippen LogP contribution in [-0.4, -0.2) is 44.9 Å². The van der Waals surface area contributed by atoms with Crippen molar-refractivity contribution in [1.29, 1.82) is 0 Å². The molecule has 1 aromatic heterocycles. The Balaban J connectivity index is 2.13. The number of carbonyl (C=O) groups excluding carboxylic acids is 2. The molecule has 0 N–H and O–H groups in total. The third-order valence-corrected chi connectivity index (χ3v) is 6.11. The van der Waals surface area contributed by atoms with E-state index in [2.05, 4.69) is 4.99 Å². The second kappa shape index (κ2) is 10.4. The summed E-state index contributed by atoms with van der Waals surface area (Å²) in [6.07, 6.45) is 1.93. The molecule has 0 radical (unpaired) electrons. The summed E-state index contributed by atoms with van der Waals surface area (Å²) >= 11 is 2.75. The van der Waals surface area contributed by atoms with E-state index in [1.807, 2.05) is 6.26 Å². The van der Waals surface area contributed by atoms with E-state index in [9.17, 15) is 29.8 Å². The number of fused-ring (bicyclic) bond motifs is 1. The number of benzene rings is 2. The lowest BCUT2D eigenvalue weighted by molar-refractivity contribution is -0.394. The van der Waals surface area contributed by atoms with Gasteiger partial charge < -0.3 is 9.30 Å². The molecule has 2 aromatic carbocycles. The number of thiazole rings is 1. The van der Waals surface area contributed by atoms with Crippen LogP contribution in [0.5, 0.6) is 0 Å². The Morgan fingerprint density at radius 2 is 1.76 bits per heavy atom. The molecule has 1 amide bonds. The summed E-state index contributed by atoms with van der Waals surface area (Å²) < 4.78 is 7.52. The van der Waals surface area contributed by atoms with E-state index in [0.29, 0.717) is 21.6 Å².